The third-order valence-corrected chi connectivity index (χ3v) is 8.84. The summed E-state index contributed by atoms with van der Waals surface area (Å²) in [5.41, 5.74) is 3.75. The lowest BCUT2D eigenvalue weighted by atomic mass is 10.2. The summed E-state index contributed by atoms with van der Waals surface area (Å²) in [4.78, 5) is 0. The van der Waals surface area contributed by atoms with Gasteiger partial charge in [-0.3, -0.25) is 0 Å². The summed E-state index contributed by atoms with van der Waals surface area (Å²) in [6, 6.07) is 24.0. The second-order valence-corrected chi connectivity index (χ2v) is 13.8. The smallest absolute Gasteiger partial charge is 0.130 e. The zero-order valence-electron chi connectivity index (χ0n) is 30.5. The maximum absolute atomic E-state index is 12.9. The van der Waals surface area contributed by atoms with Crippen molar-refractivity contribution in [3.05, 3.63) is 171 Å². The number of rotatable bonds is 10. The third kappa shape index (κ3) is 21.2. The van der Waals surface area contributed by atoms with E-state index in [9.17, 15) is 13.2 Å². The molecule has 0 heterocycles. The number of halogens is 10. The molecule has 0 spiro atoms. The number of hydrogen-bond acceptors (Lipinski definition) is 5. The quantitative estimate of drug-likeness (QED) is 0.140. The number of hydrogen-bond donors (Lipinski definition) is 0. The molecule has 0 saturated heterocycles. The lowest BCUT2D eigenvalue weighted by molar-refractivity contribution is 0.181. The fourth-order valence-corrected chi connectivity index (χ4v) is 5.17. The van der Waals surface area contributed by atoms with Crippen LogP contribution < -0.4 is 0 Å². The van der Waals surface area contributed by atoms with Crippen LogP contribution >= 0.6 is 81.2 Å². The average Bonchev–Trinajstić information content (AvgIpc) is 3.14. The van der Waals surface area contributed by atoms with Gasteiger partial charge < -0.3 is 23.7 Å². The zero-order valence-corrected chi connectivity index (χ0v) is 35.8. The Kier molecular flexibility index (Phi) is 26.8. The molecule has 0 unspecified atom stereocenters. The molecule has 0 amide bonds. The summed E-state index contributed by atoms with van der Waals surface area (Å²) >= 11 is 40.1. The van der Waals surface area contributed by atoms with Crippen LogP contribution in [-0.2, 0) is 56.7 Å². The van der Waals surface area contributed by atoms with E-state index in [1.165, 1.54) is 20.3 Å². The molecular formula is C40H40Cl7F3O5. The SMILES string of the molecule is COCc1cc(Cl)ccc1Cl.COCc1cc(F)ccc1F.COCc1ccc(Cl)c(Cl)c1.COCc1ccc(Cl)c(Cl)c1.COCc1ccc(Cl)cc1F. The molecule has 0 aromatic heterocycles. The van der Waals surface area contributed by atoms with Crippen molar-refractivity contribution in [3.8, 4) is 0 Å². The maximum Gasteiger partial charge on any atom is 0.130 e. The molecule has 0 radical (unpaired) electrons. The first-order valence-electron chi connectivity index (χ1n) is 15.8. The van der Waals surface area contributed by atoms with Gasteiger partial charge in [0.05, 0.1) is 53.1 Å². The van der Waals surface area contributed by atoms with Gasteiger partial charge in [-0.2, -0.15) is 0 Å². The van der Waals surface area contributed by atoms with Crippen molar-refractivity contribution < 1.29 is 36.9 Å². The Hall–Kier alpha value is -2.28. The molecule has 5 nitrogen and oxygen atoms in total. The van der Waals surface area contributed by atoms with Gasteiger partial charge in [0.25, 0.3) is 0 Å². The summed E-state index contributed by atoms with van der Waals surface area (Å²) in [6.45, 7) is 2.01. The molecule has 55 heavy (non-hydrogen) atoms. The van der Waals surface area contributed by atoms with Gasteiger partial charge >= 0.3 is 0 Å². The van der Waals surface area contributed by atoms with Gasteiger partial charge in [0, 0.05) is 61.7 Å². The Morgan fingerprint density at radius 2 is 0.800 bits per heavy atom. The lowest BCUT2D eigenvalue weighted by Gasteiger charge is -2.02. The molecular weight excluding hydrogens is 866 g/mol. The monoisotopic (exact) mass is 902 g/mol. The number of benzene rings is 5. The van der Waals surface area contributed by atoms with Gasteiger partial charge in [-0.1, -0.05) is 99.4 Å². The van der Waals surface area contributed by atoms with E-state index in [0.29, 0.717) is 60.5 Å². The Morgan fingerprint density at radius 3 is 1.27 bits per heavy atom. The fraction of sp³-hybridized carbons (Fsp3) is 0.250. The van der Waals surface area contributed by atoms with Crippen LogP contribution in [0.4, 0.5) is 13.2 Å². The maximum atomic E-state index is 12.9. The minimum absolute atomic E-state index is 0.101. The van der Waals surface area contributed by atoms with Crippen LogP contribution in [0.15, 0.2) is 91.0 Å². The van der Waals surface area contributed by atoms with E-state index in [2.05, 4.69) is 4.74 Å². The molecule has 15 heteroatoms. The van der Waals surface area contributed by atoms with E-state index < -0.39 is 11.6 Å². The van der Waals surface area contributed by atoms with Crippen molar-refractivity contribution in [2.45, 2.75) is 33.0 Å². The summed E-state index contributed by atoms with van der Waals surface area (Å²) < 4.78 is 62.2. The van der Waals surface area contributed by atoms with Crippen molar-refractivity contribution in [3.63, 3.8) is 0 Å². The van der Waals surface area contributed by atoms with Crippen LogP contribution in [0.3, 0.4) is 0 Å². The van der Waals surface area contributed by atoms with E-state index in [1.54, 1.807) is 75.9 Å². The first-order chi connectivity index (χ1) is 26.2. The molecule has 5 aromatic rings. The standard InChI is InChI=1S/3C8H8Cl2O.C8H8ClFO.C8H8F2O/c1-11-5-6-4-7(9)2-3-8(6)10;2*1-11-5-6-2-3-7(9)8(10)4-6;1-11-5-6-2-3-7(9)4-8(6)10;1-11-5-6-4-7(9)2-3-8(6)10/h5*2-4H,5H2,1H3. The van der Waals surface area contributed by atoms with Crippen molar-refractivity contribution in [2.75, 3.05) is 35.5 Å². The molecule has 5 rings (SSSR count). The third-order valence-electron chi connectivity index (χ3n) is 6.52. The van der Waals surface area contributed by atoms with E-state index >= 15 is 0 Å². The molecule has 0 N–H and O–H groups in total. The molecule has 300 valence electrons. The molecule has 0 fully saturated rings. The van der Waals surface area contributed by atoms with E-state index in [4.69, 9.17) is 100 Å². The normalized spacial score (nSPS) is 10.1. The summed E-state index contributed by atoms with van der Waals surface area (Å²) in [7, 11) is 7.86. The Balaban J connectivity index is 0.000000344. The van der Waals surface area contributed by atoms with Gasteiger partial charge in [0.2, 0.25) is 0 Å². The molecule has 0 atom stereocenters. The lowest BCUT2D eigenvalue weighted by Crippen LogP contribution is -1.93. The van der Waals surface area contributed by atoms with Crippen molar-refractivity contribution in [1.82, 2.24) is 0 Å². The highest BCUT2D eigenvalue weighted by Crippen LogP contribution is 2.24. The van der Waals surface area contributed by atoms with Gasteiger partial charge in [0.15, 0.2) is 0 Å². The van der Waals surface area contributed by atoms with E-state index in [1.807, 2.05) is 12.1 Å². The fourth-order valence-electron chi connectivity index (χ4n) is 4.01. The highest BCUT2D eigenvalue weighted by molar-refractivity contribution is 6.42. The largest absolute Gasteiger partial charge is 0.380 e. The summed E-state index contributed by atoms with van der Waals surface area (Å²) in [6.07, 6.45) is 0. The summed E-state index contributed by atoms with van der Waals surface area (Å²) in [5.74, 6) is -1.20. The molecule has 5 aromatic carbocycles. The van der Waals surface area contributed by atoms with Gasteiger partial charge in [0.1, 0.15) is 17.5 Å². The molecule has 0 aliphatic heterocycles. The highest BCUT2D eigenvalue weighted by Gasteiger charge is 2.03. The first kappa shape index (κ1) is 50.7. The minimum Gasteiger partial charge on any atom is -0.380 e. The Labute approximate surface area is 356 Å². The topological polar surface area (TPSA) is 46.2 Å². The van der Waals surface area contributed by atoms with Gasteiger partial charge in [-0.05, 0) is 89.5 Å². The molecule has 0 saturated carbocycles. The van der Waals surface area contributed by atoms with Crippen LogP contribution in [-0.4, -0.2) is 35.5 Å². The van der Waals surface area contributed by atoms with Crippen molar-refractivity contribution in [2.24, 2.45) is 0 Å². The van der Waals surface area contributed by atoms with Crippen LogP contribution in [0.5, 0.6) is 0 Å². The molecule has 0 bridgehead atoms. The minimum atomic E-state index is -0.446. The Morgan fingerprint density at radius 1 is 0.364 bits per heavy atom. The number of ether oxygens (including phenoxy) is 5. The van der Waals surface area contributed by atoms with Crippen LogP contribution in [0, 0.1) is 17.5 Å². The molecule has 0 aliphatic carbocycles. The van der Waals surface area contributed by atoms with Crippen LogP contribution in [0.1, 0.15) is 27.8 Å². The average molecular weight is 906 g/mol. The van der Waals surface area contributed by atoms with Crippen molar-refractivity contribution >= 4 is 81.2 Å². The predicted molar refractivity (Wildman–Crippen MR) is 221 cm³/mol. The molecule has 0 aliphatic rings. The van der Waals surface area contributed by atoms with Gasteiger partial charge in [-0.25, -0.2) is 13.2 Å². The summed E-state index contributed by atoms with van der Waals surface area (Å²) in [5, 5.41) is 4.07. The highest BCUT2D eigenvalue weighted by atomic mass is 35.5. The van der Waals surface area contributed by atoms with Crippen LogP contribution in [0.25, 0.3) is 0 Å². The Bertz CT molecular complexity index is 1760. The second-order valence-electron chi connectivity index (χ2n) is 10.9. The zero-order chi connectivity index (χ0) is 41.3. The van der Waals surface area contributed by atoms with Crippen molar-refractivity contribution in [1.29, 1.82) is 0 Å². The second kappa shape index (κ2) is 29.0. The first-order valence-corrected chi connectivity index (χ1v) is 18.5. The van der Waals surface area contributed by atoms with Crippen LogP contribution in [0.2, 0.25) is 35.2 Å². The van der Waals surface area contributed by atoms with Gasteiger partial charge in [-0.15, -0.1) is 0 Å². The number of methoxy groups -OCH3 is 5. The van der Waals surface area contributed by atoms with E-state index in [-0.39, 0.29) is 24.6 Å². The van der Waals surface area contributed by atoms with E-state index in [0.717, 1.165) is 34.9 Å². The predicted octanol–water partition coefficient (Wildman–Crippen LogP) is 14.2.